The van der Waals surface area contributed by atoms with Crippen LogP contribution in [-0.4, -0.2) is 11.5 Å². The highest BCUT2D eigenvalue weighted by molar-refractivity contribution is 9.10. The maximum absolute atomic E-state index is 8.67. The van der Waals surface area contributed by atoms with E-state index < -0.39 is 0 Å². The highest BCUT2D eigenvalue weighted by atomic mass is 79.9. The number of anilines is 1. The normalized spacial score (nSPS) is 10.8. The van der Waals surface area contributed by atoms with Gasteiger partial charge in [0, 0.05) is 4.47 Å². The molecule has 88 valence electrons. The lowest BCUT2D eigenvalue weighted by atomic mass is 10.2. The fourth-order valence-corrected chi connectivity index (χ4v) is 1.65. The van der Waals surface area contributed by atoms with E-state index >= 15 is 0 Å². The number of nitrogens with zero attached hydrogens (tertiary/aromatic N) is 2. The first-order valence-corrected chi connectivity index (χ1v) is 5.66. The molecule has 0 aromatic heterocycles. The van der Waals surface area contributed by atoms with E-state index in [9.17, 15) is 0 Å². The Bertz CT molecular complexity index is 532. The van der Waals surface area contributed by atoms with E-state index in [1.54, 1.807) is 12.1 Å². The summed E-state index contributed by atoms with van der Waals surface area (Å²) in [6.45, 7) is 1.86. The topological polar surface area (TPSA) is 98.0 Å². The standard InChI is InChI=1S/C10H9BrClN5/c1-5-2-6(11)7(12)3-8(5)16-17-9(4-13)10(14)15/h2-3,16H,1H3,(H3,14,15)/b17-9+. The van der Waals surface area contributed by atoms with E-state index in [0.717, 1.165) is 10.0 Å². The maximum Gasteiger partial charge on any atom is 0.201 e. The van der Waals surface area contributed by atoms with Crippen molar-refractivity contribution >= 4 is 44.8 Å². The Morgan fingerprint density at radius 1 is 1.65 bits per heavy atom. The molecule has 1 rings (SSSR count). The van der Waals surface area contributed by atoms with Crippen molar-refractivity contribution in [3.05, 3.63) is 27.2 Å². The van der Waals surface area contributed by atoms with Crippen molar-refractivity contribution in [2.24, 2.45) is 10.8 Å². The van der Waals surface area contributed by atoms with Crippen LogP contribution in [0.2, 0.25) is 5.02 Å². The Morgan fingerprint density at radius 3 is 2.82 bits per heavy atom. The first kappa shape index (κ1) is 13.5. The molecule has 0 unspecified atom stereocenters. The van der Waals surface area contributed by atoms with Gasteiger partial charge < -0.3 is 5.73 Å². The van der Waals surface area contributed by atoms with E-state index in [4.69, 9.17) is 28.0 Å². The lowest BCUT2D eigenvalue weighted by Crippen LogP contribution is -2.21. The van der Waals surface area contributed by atoms with Crippen LogP contribution in [0.5, 0.6) is 0 Å². The van der Waals surface area contributed by atoms with Crippen molar-refractivity contribution in [1.82, 2.24) is 0 Å². The summed E-state index contributed by atoms with van der Waals surface area (Å²) in [5.74, 6) is -0.388. The summed E-state index contributed by atoms with van der Waals surface area (Å²) in [5, 5.41) is 20.0. The van der Waals surface area contributed by atoms with Crippen molar-refractivity contribution in [3.63, 3.8) is 0 Å². The molecule has 0 amide bonds. The number of nitriles is 1. The molecule has 0 aliphatic heterocycles. The number of aryl methyl sites for hydroxylation is 1. The lowest BCUT2D eigenvalue weighted by Gasteiger charge is -2.07. The summed E-state index contributed by atoms with van der Waals surface area (Å²) < 4.78 is 0.776. The second-order valence-electron chi connectivity index (χ2n) is 3.18. The molecular formula is C10H9BrClN5. The zero-order chi connectivity index (χ0) is 13.0. The molecule has 0 saturated carbocycles. The van der Waals surface area contributed by atoms with Gasteiger partial charge in [-0.25, -0.2) is 0 Å². The summed E-state index contributed by atoms with van der Waals surface area (Å²) in [6.07, 6.45) is 0. The second kappa shape index (κ2) is 5.66. The van der Waals surface area contributed by atoms with Gasteiger partial charge in [-0.2, -0.15) is 10.4 Å². The zero-order valence-corrected chi connectivity index (χ0v) is 11.2. The van der Waals surface area contributed by atoms with Gasteiger partial charge in [-0.15, -0.1) is 0 Å². The molecule has 0 heterocycles. The Labute approximate surface area is 112 Å². The third kappa shape index (κ3) is 3.44. The molecule has 0 fully saturated rings. The summed E-state index contributed by atoms with van der Waals surface area (Å²) in [7, 11) is 0. The van der Waals surface area contributed by atoms with Crippen molar-refractivity contribution < 1.29 is 0 Å². The molecule has 1 aromatic rings. The quantitative estimate of drug-likeness (QED) is 0.454. The van der Waals surface area contributed by atoms with Gasteiger partial charge in [0.1, 0.15) is 6.07 Å². The summed E-state index contributed by atoms with van der Waals surface area (Å²) in [5.41, 5.74) is 9.18. The Hall–Kier alpha value is -1.58. The van der Waals surface area contributed by atoms with Crippen molar-refractivity contribution in [3.8, 4) is 6.07 Å². The minimum absolute atomic E-state index is 0.177. The predicted octanol–water partition coefficient (Wildman–Crippen LogP) is 2.64. The summed E-state index contributed by atoms with van der Waals surface area (Å²) in [6, 6.07) is 5.20. The van der Waals surface area contributed by atoms with E-state index in [1.807, 2.05) is 13.0 Å². The van der Waals surface area contributed by atoms with Gasteiger partial charge in [-0.05, 0) is 40.5 Å². The Morgan fingerprint density at radius 2 is 2.29 bits per heavy atom. The maximum atomic E-state index is 8.67. The predicted molar refractivity (Wildman–Crippen MR) is 72.5 cm³/mol. The van der Waals surface area contributed by atoms with Crippen LogP contribution >= 0.6 is 27.5 Å². The van der Waals surface area contributed by atoms with Crippen molar-refractivity contribution in [1.29, 1.82) is 10.7 Å². The number of benzene rings is 1. The molecule has 5 nitrogen and oxygen atoms in total. The van der Waals surface area contributed by atoms with Gasteiger partial charge in [0.15, 0.2) is 5.84 Å². The zero-order valence-electron chi connectivity index (χ0n) is 8.88. The third-order valence-electron chi connectivity index (χ3n) is 1.92. The monoisotopic (exact) mass is 313 g/mol. The number of nitrogens with two attached hydrogens (primary N) is 1. The van der Waals surface area contributed by atoms with E-state index in [2.05, 4.69) is 26.5 Å². The lowest BCUT2D eigenvalue weighted by molar-refractivity contribution is 1.30. The van der Waals surface area contributed by atoms with E-state index in [0.29, 0.717) is 10.7 Å². The number of hydrazone groups is 1. The van der Waals surface area contributed by atoms with Gasteiger partial charge in [-0.3, -0.25) is 10.8 Å². The second-order valence-corrected chi connectivity index (χ2v) is 4.44. The smallest absolute Gasteiger partial charge is 0.201 e. The van der Waals surface area contributed by atoms with Gasteiger partial charge in [0.05, 0.1) is 10.7 Å². The molecule has 4 N–H and O–H groups in total. The minimum Gasteiger partial charge on any atom is -0.382 e. The summed E-state index contributed by atoms with van der Waals surface area (Å²) in [4.78, 5) is 0. The minimum atomic E-state index is -0.388. The van der Waals surface area contributed by atoms with Crippen LogP contribution in [0.15, 0.2) is 21.7 Å². The highest BCUT2D eigenvalue weighted by Gasteiger charge is 2.05. The number of hydrogen-bond donors (Lipinski definition) is 3. The van der Waals surface area contributed by atoms with Crippen molar-refractivity contribution in [2.45, 2.75) is 6.92 Å². The van der Waals surface area contributed by atoms with Gasteiger partial charge in [-0.1, -0.05) is 11.6 Å². The Balaban J connectivity index is 3.01. The van der Waals surface area contributed by atoms with Gasteiger partial charge in [0.25, 0.3) is 0 Å². The molecule has 17 heavy (non-hydrogen) atoms. The largest absolute Gasteiger partial charge is 0.382 e. The molecule has 0 atom stereocenters. The fourth-order valence-electron chi connectivity index (χ4n) is 1.03. The van der Waals surface area contributed by atoms with Crippen LogP contribution in [0.4, 0.5) is 5.69 Å². The average Bonchev–Trinajstić information content (AvgIpc) is 2.25. The van der Waals surface area contributed by atoms with E-state index in [-0.39, 0.29) is 11.5 Å². The number of nitrogens with one attached hydrogen (secondary N) is 2. The molecule has 0 aliphatic carbocycles. The number of rotatable bonds is 3. The van der Waals surface area contributed by atoms with Crippen LogP contribution in [0.1, 0.15) is 5.56 Å². The first-order valence-electron chi connectivity index (χ1n) is 4.49. The molecule has 0 bridgehead atoms. The molecule has 0 aliphatic rings. The molecule has 0 spiro atoms. The summed E-state index contributed by atoms with van der Waals surface area (Å²) >= 11 is 9.23. The molecule has 0 saturated heterocycles. The van der Waals surface area contributed by atoms with Crippen LogP contribution < -0.4 is 11.2 Å². The third-order valence-corrected chi connectivity index (χ3v) is 3.11. The van der Waals surface area contributed by atoms with Gasteiger partial charge in [0.2, 0.25) is 5.71 Å². The van der Waals surface area contributed by atoms with Crippen LogP contribution in [-0.2, 0) is 0 Å². The Kier molecular flexibility index (Phi) is 4.49. The van der Waals surface area contributed by atoms with Crippen molar-refractivity contribution in [2.75, 3.05) is 5.43 Å². The van der Waals surface area contributed by atoms with Crippen LogP contribution in [0.3, 0.4) is 0 Å². The average molecular weight is 315 g/mol. The van der Waals surface area contributed by atoms with E-state index in [1.165, 1.54) is 0 Å². The fraction of sp³-hybridized carbons (Fsp3) is 0.100. The van der Waals surface area contributed by atoms with Gasteiger partial charge >= 0.3 is 0 Å². The molecular weight excluding hydrogens is 306 g/mol. The number of amidine groups is 1. The van der Waals surface area contributed by atoms with Crippen LogP contribution in [0.25, 0.3) is 0 Å². The number of halogens is 2. The van der Waals surface area contributed by atoms with Crippen LogP contribution in [0, 0.1) is 23.7 Å². The molecule has 7 heteroatoms. The highest BCUT2D eigenvalue weighted by Crippen LogP contribution is 2.28. The first-order chi connectivity index (χ1) is 7.95. The number of hydrogen-bond acceptors (Lipinski definition) is 4. The molecule has 1 aromatic carbocycles. The SMILES string of the molecule is Cc1cc(Br)c(Cl)cc1N/N=C(\C#N)C(=N)N. The molecule has 0 radical (unpaired) electrons.